The summed E-state index contributed by atoms with van der Waals surface area (Å²) in [6, 6.07) is 7.73. The van der Waals surface area contributed by atoms with E-state index < -0.39 is 0 Å². The van der Waals surface area contributed by atoms with Crippen LogP contribution in [0.2, 0.25) is 0 Å². The number of aromatic nitrogens is 1. The zero-order chi connectivity index (χ0) is 20.3. The van der Waals surface area contributed by atoms with Crippen molar-refractivity contribution in [2.24, 2.45) is 29.1 Å². The topological polar surface area (TPSA) is 60.3 Å². The third kappa shape index (κ3) is 2.85. The molecule has 7 rings (SSSR count). The Kier molecular flexibility index (Phi) is 4.31. The maximum absolute atomic E-state index is 13.4. The molecule has 2 unspecified atom stereocenters. The first-order valence-electron chi connectivity index (χ1n) is 11.6. The zero-order valence-corrected chi connectivity index (χ0v) is 17.4. The third-order valence-electron chi connectivity index (χ3n) is 8.50. The van der Waals surface area contributed by atoms with Crippen LogP contribution in [0.4, 0.5) is 5.69 Å². The molecule has 4 saturated carbocycles. The van der Waals surface area contributed by atoms with E-state index in [4.69, 9.17) is 4.74 Å². The quantitative estimate of drug-likeness (QED) is 0.828. The van der Waals surface area contributed by atoms with Crippen molar-refractivity contribution in [1.29, 1.82) is 0 Å². The molecule has 1 aliphatic heterocycles. The van der Waals surface area contributed by atoms with E-state index in [-0.39, 0.29) is 16.9 Å². The van der Waals surface area contributed by atoms with Crippen molar-refractivity contribution in [3.63, 3.8) is 0 Å². The standard InChI is InChI=1S/C25H30N2O3/c28-23-21-2-1-3-22(20(21)4-7-27(23)15-16-5-8-30-9-6-16)26-24(29)25-13-17-10-18(14-25)12-19(25)11-17/h1-4,7,16-19H,5-6,8-15H2,(H,26,29)/t17-,18?,19?,25-/m0/s1. The SMILES string of the molecule is O=C(Nc1cccc2c(=O)n(CC3CCOCC3)ccc12)[C@@]12CC3CC1C[C@H](C3)C2. The Morgan fingerprint density at radius 2 is 1.83 bits per heavy atom. The Morgan fingerprint density at radius 3 is 2.60 bits per heavy atom. The monoisotopic (exact) mass is 406 g/mol. The smallest absolute Gasteiger partial charge is 0.258 e. The van der Waals surface area contributed by atoms with Crippen LogP contribution in [0.3, 0.4) is 0 Å². The first-order chi connectivity index (χ1) is 14.6. The summed E-state index contributed by atoms with van der Waals surface area (Å²) in [5.41, 5.74) is 0.663. The van der Waals surface area contributed by atoms with Gasteiger partial charge in [0.15, 0.2) is 0 Å². The number of carbonyl (C=O) groups is 1. The lowest BCUT2D eigenvalue weighted by Crippen LogP contribution is -2.37. The molecule has 0 spiro atoms. The molecule has 1 N–H and O–H groups in total. The summed E-state index contributed by atoms with van der Waals surface area (Å²) in [6.07, 6.45) is 9.82. The lowest BCUT2D eigenvalue weighted by atomic mass is 9.75. The van der Waals surface area contributed by atoms with Gasteiger partial charge in [-0.2, -0.15) is 0 Å². The molecule has 4 bridgehead atoms. The number of rotatable bonds is 4. The number of hydrogen-bond acceptors (Lipinski definition) is 3. The predicted molar refractivity (Wildman–Crippen MR) is 116 cm³/mol. The van der Waals surface area contributed by atoms with E-state index in [0.29, 0.717) is 17.2 Å². The fourth-order valence-corrected chi connectivity index (χ4v) is 7.19. The third-order valence-corrected chi connectivity index (χ3v) is 8.50. The molecule has 158 valence electrons. The Hall–Kier alpha value is -2.14. The number of anilines is 1. The molecule has 4 atom stereocenters. The molecule has 1 amide bonds. The molecule has 1 aromatic heterocycles. The number of ether oxygens (including phenoxy) is 1. The Bertz CT molecular complexity index is 1040. The van der Waals surface area contributed by atoms with Gasteiger partial charge in [0.2, 0.25) is 5.91 Å². The molecule has 1 saturated heterocycles. The maximum atomic E-state index is 13.4. The Morgan fingerprint density at radius 1 is 1.07 bits per heavy atom. The fraction of sp³-hybridized carbons (Fsp3) is 0.600. The molecule has 30 heavy (non-hydrogen) atoms. The fourth-order valence-electron chi connectivity index (χ4n) is 7.19. The van der Waals surface area contributed by atoms with Gasteiger partial charge in [0, 0.05) is 42.4 Å². The number of nitrogens with one attached hydrogen (secondary N) is 1. The van der Waals surface area contributed by atoms with Gasteiger partial charge in [-0.3, -0.25) is 9.59 Å². The predicted octanol–water partition coefficient (Wildman–Crippen LogP) is 4.19. The van der Waals surface area contributed by atoms with Crippen LogP contribution in [0.15, 0.2) is 35.3 Å². The Balaban J connectivity index is 1.28. The lowest BCUT2D eigenvalue weighted by Gasteiger charge is -2.31. The molecular weight excluding hydrogens is 376 g/mol. The van der Waals surface area contributed by atoms with Crippen LogP contribution in [-0.4, -0.2) is 23.7 Å². The number of hydrogen-bond donors (Lipinski definition) is 1. The second kappa shape index (κ2) is 6.94. The minimum absolute atomic E-state index is 0.0362. The van der Waals surface area contributed by atoms with E-state index in [1.54, 1.807) is 0 Å². The van der Waals surface area contributed by atoms with Gasteiger partial charge in [-0.1, -0.05) is 6.07 Å². The van der Waals surface area contributed by atoms with Crippen molar-refractivity contribution in [3.05, 3.63) is 40.8 Å². The minimum atomic E-state index is -0.159. The molecule has 5 aliphatic rings. The van der Waals surface area contributed by atoms with E-state index in [2.05, 4.69) is 5.32 Å². The van der Waals surface area contributed by atoms with Crippen LogP contribution in [0.25, 0.3) is 10.8 Å². The number of nitrogens with zero attached hydrogens (tertiary/aromatic N) is 1. The van der Waals surface area contributed by atoms with Crippen LogP contribution < -0.4 is 10.9 Å². The van der Waals surface area contributed by atoms with Gasteiger partial charge in [0.1, 0.15) is 0 Å². The summed E-state index contributed by atoms with van der Waals surface area (Å²) in [5, 5.41) is 4.80. The van der Waals surface area contributed by atoms with Crippen molar-refractivity contribution in [3.8, 4) is 0 Å². The summed E-state index contributed by atoms with van der Waals surface area (Å²) in [7, 11) is 0. The first-order valence-corrected chi connectivity index (χ1v) is 11.6. The normalized spacial score (nSPS) is 32.7. The average Bonchev–Trinajstić information content (AvgIpc) is 3.16. The summed E-state index contributed by atoms with van der Waals surface area (Å²) in [4.78, 5) is 26.6. The zero-order valence-electron chi connectivity index (χ0n) is 17.4. The first kappa shape index (κ1) is 18.6. The van der Waals surface area contributed by atoms with Crippen LogP contribution in [0.5, 0.6) is 0 Å². The molecule has 2 heterocycles. The van der Waals surface area contributed by atoms with Gasteiger partial charge in [-0.25, -0.2) is 0 Å². The maximum Gasteiger partial charge on any atom is 0.258 e. The highest BCUT2D eigenvalue weighted by atomic mass is 16.5. The largest absolute Gasteiger partial charge is 0.381 e. The van der Waals surface area contributed by atoms with E-state index in [1.807, 2.05) is 35.0 Å². The molecule has 0 radical (unpaired) electrons. The van der Waals surface area contributed by atoms with Crippen molar-refractivity contribution >= 4 is 22.4 Å². The van der Waals surface area contributed by atoms with Gasteiger partial charge in [-0.05, 0) is 86.8 Å². The van der Waals surface area contributed by atoms with Crippen molar-refractivity contribution in [2.75, 3.05) is 18.5 Å². The van der Waals surface area contributed by atoms with Crippen LogP contribution >= 0.6 is 0 Å². The highest BCUT2D eigenvalue weighted by molar-refractivity contribution is 6.04. The van der Waals surface area contributed by atoms with Crippen molar-refractivity contribution in [1.82, 2.24) is 4.57 Å². The highest BCUT2D eigenvalue weighted by Crippen LogP contribution is 2.65. The summed E-state index contributed by atoms with van der Waals surface area (Å²) in [6.45, 7) is 2.31. The molecule has 5 heteroatoms. The average molecular weight is 407 g/mol. The van der Waals surface area contributed by atoms with Gasteiger partial charge in [0.25, 0.3) is 5.56 Å². The van der Waals surface area contributed by atoms with Crippen LogP contribution in [0.1, 0.15) is 44.9 Å². The van der Waals surface area contributed by atoms with E-state index in [1.165, 1.54) is 19.3 Å². The van der Waals surface area contributed by atoms with Gasteiger partial charge in [-0.15, -0.1) is 0 Å². The van der Waals surface area contributed by atoms with Gasteiger partial charge >= 0.3 is 0 Å². The Labute approximate surface area is 176 Å². The van der Waals surface area contributed by atoms with E-state index in [9.17, 15) is 9.59 Å². The van der Waals surface area contributed by atoms with Crippen molar-refractivity contribution < 1.29 is 9.53 Å². The van der Waals surface area contributed by atoms with E-state index >= 15 is 0 Å². The molecule has 1 aromatic carbocycles. The van der Waals surface area contributed by atoms with Crippen molar-refractivity contribution in [2.45, 2.75) is 51.5 Å². The molecule has 4 aliphatic carbocycles. The number of fused-ring (bicyclic) bond motifs is 1. The minimum Gasteiger partial charge on any atom is -0.381 e. The molecular formula is C25H30N2O3. The highest BCUT2D eigenvalue weighted by Gasteiger charge is 2.61. The molecule has 2 aromatic rings. The summed E-state index contributed by atoms with van der Waals surface area (Å²) >= 11 is 0. The van der Waals surface area contributed by atoms with E-state index in [0.717, 1.165) is 68.4 Å². The summed E-state index contributed by atoms with van der Waals surface area (Å²) in [5.74, 6) is 2.74. The van der Waals surface area contributed by atoms with Crippen LogP contribution in [-0.2, 0) is 16.1 Å². The van der Waals surface area contributed by atoms with Gasteiger partial charge < -0.3 is 14.6 Å². The second-order valence-corrected chi connectivity index (χ2v) is 10.3. The summed E-state index contributed by atoms with van der Waals surface area (Å²) < 4.78 is 7.28. The van der Waals surface area contributed by atoms with Gasteiger partial charge in [0.05, 0.1) is 5.41 Å². The second-order valence-electron chi connectivity index (χ2n) is 10.3. The number of benzene rings is 1. The number of carbonyl (C=O) groups excluding carboxylic acids is 1. The number of pyridine rings is 1. The molecule has 5 nitrogen and oxygen atoms in total. The van der Waals surface area contributed by atoms with Crippen LogP contribution in [0, 0.1) is 29.1 Å². The lowest BCUT2D eigenvalue weighted by molar-refractivity contribution is -0.127. The molecule has 5 fully saturated rings. The number of amides is 1.